The molecule has 0 aromatic heterocycles. The fourth-order valence-corrected chi connectivity index (χ4v) is 2.32. The van der Waals surface area contributed by atoms with E-state index < -0.39 is 0 Å². The number of hydrogen-bond acceptors (Lipinski definition) is 1. The van der Waals surface area contributed by atoms with Gasteiger partial charge in [-0.25, -0.2) is 0 Å². The summed E-state index contributed by atoms with van der Waals surface area (Å²) in [6.45, 7) is 9.69. The Morgan fingerprint density at radius 1 is 1.29 bits per heavy atom. The van der Waals surface area contributed by atoms with Gasteiger partial charge in [0, 0.05) is 18.0 Å². The molecule has 0 spiro atoms. The minimum absolute atomic E-state index is 0.151. The van der Waals surface area contributed by atoms with Crippen LogP contribution in [0.25, 0.3) is 0 Å². The molecule has 0 aliphatic heterocycles. The van der Waals surface area contributed by atoms with Crippen LogP contribution in [0.3, 0.4) is 0 Å². The van der Waals surface area contributed by atoms with Crippen molar-refractivity contribution in [2.45, 2.75) is 52.6 Å². The predicted molar refractivity (Wildman–Crippen MR) is 76.8 cm³/mol. The Labute approximate surface area is 111 Å². The van der Waals surface area contributed by atoms with E-state index in [0.29, 0.717) is 5.88 Å². The second-order valence-electron chi connectivity index (χ2n) is 5.14. The highest BCUT2D eigenvalue weighted by Gasteiger charge is 2.20. The summed E-state index contributed by atoms with van der Waals surface area (Å²) in [5.74, 6) is 0.712. The third kappa shape index (κ3) is 4.33. The van der Waals surface area contributed by atoms with Crippen LogP contribution in [-0.4, -0.2) is 11.4 Å². The molecule has 0 radical (unpaired) electrons. The van der Waals surface area contributed by atoms with E-state index in [1.54, 1.807) is 0 Å². The summed E-state index contributed by atoms with van der Waals surface area (Å²) in [7, 11) is 0. The van der Waals surface area contributed by atoms with E-state index in [1.807, 2.05) is 0 Å². The molecule has 17 heavy (non-hydrogen) atoms. The normalized spacial score (nSPS) is 14.6. The molecular weight excluding hydrogens is 230 g/mol. The molecule has 0 aliphatic rings. The van der Waals surface area contributed by atoms with Crippen molar-refractivity contribution in [1.29, 1.82) is 0 Å². The van der Waals surface area contributed by atoms with Gasteiger partial charge in [-0.3, -0.25) is 0 Å². The third-order valence-electron chi connectivity index (χ3n) is 3.64. The van der Waals surface area contributed by atoms with E-state index in [0.717, 1.165) is 19.4 Å². The topological polar surface area (TPSA) is 12.0 Å². The van der Waals surface area contributed by atoms with Gasteiger partial charge >= 0.3 is 0 Å². The van der Waals surface area contributed by atoms with Crippen LogP contribution in [0.1, 0.15) is 43.4 Å². The average Bonchev–Trinajstić information content (AvgIpc) is 2.31. The van der Waals surface area contributed by atoms with Crippen molar-refractivity contribution in [3.63, 3.8) is 0 Å². The lowest BCUT2D eigenvalue weighted by Crippen LogP contribution is -2.41. The first kappa shape index (κ1) is 14.5. The van der Waals surface area contributed by atoms with Crippen LogP contribution >= 0.6 is 11.6 Å². The number of aryl methyl sites for hydroxylation is 2. The van der Waals surface area contributed by atoms with Crippen molar-refractivity contribution in [3.05, 3.63) is 34.9 Å². The number of benzene rings is 1. The monoisotopic (exact) mass is 253 g/mol. The maximum absolute atomic E-state index is 5.86. The van der Waals surface area contributed by atoms with Crippen LogP contribution in [0.4, 0.5) is 0 Å². The first-order chi connectivity index (χ1) is 8.00. The molecule has 0 heterocycles. The third-order valence-corrected chi connectivity index (χ3v) is 3.83. The standard InChI is InChI=1S/C15H24ClN/c1-5-15(4,8-9-16)17-11-14-10-12(2)6-7-13(14)3/h6-7,10,17H,5,8-9,11H2,1-4H3. The Kier molecular flexibility index (Phi) is 5.48. The second kappa shape index (κ2) is 6.42. The molecule has 2 heteroatoms. The summed E-state index contributed by atoms with van der Waals surface area (Å²) in [6, 6.07) is 6.62. The summed E-state index contributed by atoms with van der Waals surface area (Å²) in [4.78, 5) is 0. The lowest BCUT2D eigenvalue weighted by molar-refractivity contribution is 0.331. The van der Waals surface area contributed by atoms with Crippen molar-refractivity contribution >= 4 is 11.6 Å². The van der Waals surface area contributed by atoms with Gasteiger partial charge in [-0.15, -0.1) is 11.6 Å². The molecule has 1 rings (SSSR count). The van der Waals surface area contributed by atoms with Gasteiger partial charge in [-0.05, 0) is 44.7 Å². The van der Waals surface area contributed by atoms with Crippen LogP contribution in [0.5, 0.6) is 0 Å². The Hall–Kier alpha value is -0.530. The number of nitrogens with one attached hydrogen (secondary N) is 1. The maximum atomic E-state index is 5.86. The first-order valence-corrected chi connectivity index (χ1v) is 6.91. The van der Waals surface area contributed by atoms with Gasteiger partial charge in [0.1, 0.15) is 0 Å². The fourth-order valence-electron chi connectivity index (χ4n) is 1.90. The summed E-state index contributed by atoms with van der Waals surface area (Å²) >= 11 is 5.86. The summed E-state index contributed by atoms with van der Waals surface area (Å²) in [5.41, 5.74) is 4.22. The first-order valence-electron chi connectivity index (χ1n) is 6.38. The quantitative estimate of drug-likeness (QED) is 0.750. The number of halogens is 1. The van der Waals surface area contributed by atoms with Crippen LogP contribution in [-0.2, 0) is 6.54 Å². The molecule has 1 aromatic rings. The number of alkyl halides is 1. The minimum Gasteiger partial charge on any atom is -0.307 e. The molecule has 0 aliphatic carbocycles. The highest BCUT2D eigenvalue weighted by atomic mass is 35.5. The molecule has 1 atom stereocenters. The Morgan fingerprint density at radius 2 is 2.00 bits per heavy atom. The smallest absolute Gasteiger partial charge is 0.0240 e. The molecule has 0 bridgehead atoms. The van der Waals surface area contributed by atoms with E-state index in [2.05, 4.69) is 51.2 Å². The van der Waals surface area contributed by atoms with Crippen LogP contribution in [0.15, 0.2) is 18.2 Å². The van der Waals surface area contributed by atoms with E-state index in [4.69, 9.17) is 11.6 Å². The van der Waals surface area contributed by atoms with E-state index in [-0.39, 0.29) is 5.54 Å². The minimum atomic E-state index is 0.151. The van der Waals surface area contributed by atoms with Gasteiger partial charge in [0.2, 0.25) is 0 Å². The summed E-state index contributed by atoms with van der Waals surface area (Å²) in [6.07, 6.45) is 2.11. The van der Waals surface area contributed by atoms with E-state index in [1.165, 1.54) is 16.7 Å². The van der Waals surface area contributed by atoms with Gasteiger partial charge < -0.3 is 5.32 Å². The highest BCUT2D eigenvalue weighted by molar-refractivity contribution is 6.17. The van der Waals surface area contributed by atoms with E-state index >= 15 is 0 Å². The molecule has 0 fully saturated rings. The summed E-state index contributed by atoms with van der Waals surface area (Å²) < 4.78 is 0. The molecule has 1 unspecified atom stereocenters. The Bertz CT molecular complexity index is 362. The van der Waals surface area contributed by atoms with Gasteiger partial charge in [0.25, 0.3) is 0 Å². The second-order valence-corrected chi connectivity index (χ2v) is 5.51. The fraction of sp³-hybridized carbons (Fsp3) is 0.600. The van der Waals surface area contributed by atoms with Gasteiger partial charge in [0.15, 0.2) is 0 Å². The van der Waals surface area contributed by atoms with Gasteiger partial charge in [-0.2, -0.15) is 0 Å². The molecule has 1 aromatic carbocycles. The highest BCUT2D eigenvalue weighted by Crippen LogP contribution is 2.18. The molecule has 0 saturated heterocycles. The van der Waals surface area contributed by atoms with Crippen LogP contribution < -0.4 is 5.32 Å². The van der Waals surface area contributed by atoms with Crippen molar-refractivity contribution < 1.29 is 0 Å². The lowest BCUT2D eigenvalue weighted by atomic mass is 9.94. The zero-order valence-corrected chi connectivity index (χ0v) is 12.2. The number of hydrogen-bond donors (Lipinski definition) is 1. The Morgan fingerprint density at radius 3 is 2.59 bits per heavy atom. The van der Waals surface area contributed by atoms with Gasteiger partial charge in [-0.1, -0.05) is 30.7 Å². The summed E-state index contributed by atoms with van der Waals surface area (Å²) in [5, 5.41) is 3.65. The lowest BCUT2D eigenvalue weighted by Gasteiger charge is -2.29. The van der Waals surface area contributed by atoms with Crippen molar-refractivity contribution in [2.75, 3.05) is 5.88 Å². The Balaban J connectivity index is 2.68. The average molecular weight is 254 g/mol. The molecule has 96 valence electrons. The van der Waals surface area contributed by atoms with Gasteiger partial charge in [0.05, 0.1) is 0 Å². The zero-order chi connectivity index (χ0) is 12.9. The van der Waals surface area contributed by atoms with Crippen LogP contribution in [0, 0.1) is 13.8 Å². The van der Waals surface area contributed by atoms with Crippen molar-refractivity contribution in [1.82, 2.24) is 5.32 Å². The molecule has 1 N–H and O–H groups in total. The number of rotatable bonds is 6. The molecular formula is C15H24ClN. The van der Waals surface area contributed by atoms with Crippen molar-refractivity contribution in [2.24, 2.45) is 0 Å². The van der Waals surface area contributed by atoms with E-state index in [9.17, 15) is 0 Å². The predicted octanol–water partition coefficient (Wildman–Crippen LogP) is 4.19. The largest absolute Gasteiger partial charge is 0.307 e. The zero-order valence-electron chi connectivity index (χ0n) is 11.4. The SMILES string of the molecule is CCC(C)(CCCl)NCc1cc(C)ccc1C. The molecule has 1 nitrogen and oxygen atoms in total. The maximum Gasteiger partial charge on any atom is 0.0240 e. The van der Waals surface area contributed by atoms with Crippen LogP contribution in [0.2, 0.25) is 0 Å². The van der Waals surface area contributed by atoms with Crippen molar-refractivity contribution in [3.8, 4) is 0 Å². The molecule has 0 amide bonds. The molecule has 0 saturated carbocycles.